The highest BCUT2D eigenvalue weighted by Gasteiger charge is 2.25. The summed E-state index contributed by atoms with van der Waals surface area (Å²) in [6, 6.07) is 10.5. The van der Waals surface area contributed by atoms with Crippen LogP contribution in [0.5, 0.6) is 0 Å². The molecule has 0 aromatic heterocycles. The predicted octanol–water partition coefficient (Wildman–Crippen LogP) is 5.06. The number of nitrogens with one attached hydrogen (secondary N) is 2. The van der Waals surface area contributed by atoms with E-state index >= 15 is 0 Å². The largest absolute Gasteiger partial charge is 0.387 e. The van der Waals surface area contributed by atoms with Crippen LogP contribution in [-0.2, 0) is 6.42 Å². The van der Waals surface area contributed by atoms with Gasteiger partial charge in [-0.05, 0) is 53.8 Å². The van der Waals surface area contributed by atoms with Crippen molar-refractivity contribution in [2.75, 3.05) is 10.6 Å². The average molecular weight is 387 g/mol. The topological polar surface area (TPSA) is 79.5 Å². The third kappa shape index (κ3) is 3.16. The number of amidine groups is 1. The number of hydrogen-bond acceptors (Lipinski definition) is 3. The van der Waals surface area contributed by atoms with Crippen LogP contribution < -0.4 is 16.4 Å². The first-order valence-corrected chi connectivity index (χ1v) is 8.97. The maximum Gasteiger partial charge on any atom is 0.323 e. The molecule has 5 nitrogen and oxygen atoms in total. The molecule has 2 aliphatic rings. The fraction of sp³-hybridized carbons (Fsp3) is 0.158. The number of carbonyl (C=O) groups excluding carboxylic acids is 1. The lowest BCUT2D eigenvalue weighted by molar-refractivity contribution is 0.262. The molecule has 0 saturated heterocycles. The van der Waals surface area contributed by atoms with Crippen molar-refractivity contribution in [3.63, 3.8) is 0 Å². The van der Waals surface area contributed by atoms with Crippen molar-refractivity contribution in [2.45, 2.75) is 19.3 Å². The van der Waals surface area contributed by atoms with Crippen LogP contribution in [0.15, 0.2) is 47.1 Å². The first-order valence-electron chi connectivity index (χ1n) is 8.21. The Hall–Kier alpha value is -2.50. The van der Waals surface area contributed by atoms with E-state index in [0.717, 1.165) is 40.9 Å². The number of anilines is 2. The van der Waals surface area contributed by atoms with Crippen molar-refractivity contribution < 1.29 is 4.79 Å². The summed E-state index contributed by atoms with van der Waals surface area (Å²) in [4.78, 5) is 16.8. The molecular weight excluding hydrogens is 371 g/mol. The van der Waals surface area contributed by atoms with Crippen LogP contribution in [0.1, 0.15) is 24.0 Å². The van der Waals surface area contributed by atoms with Crippen molar-refractivity contribution in [3.05, 3.63) is 63.3 Å². The second kappa shape index (κ2) is 6.67. The average Bonchev–Trinajstić information content (AvgIpc) is 2.99. The number of fused-ring (bicyclic) bond motifs is 2. The van der Waals surface area contributed by atoms with Crippen LogP contribution in [0, 0.1) is 0 Å². The Labute approximate surface area is 160 Å². The minimum absolute atomic E-state index is 0.334. The van der Waals surface area contributed by atoms with Gasteiger partial charge in [0.15, 0.2) is 0 Å². The summed E-state index contributed by atoms with van der Waals surface area (Å²) in [5.74, 6) is 0.651. The van der Waals surface area contributed by atoms with Crippen LogP contribution in [0.2, 0.25) is 10.0 Å². The third-order valence-corrected chi connectivity index (χ3v) is 5.26. The van der Waals surface area contributed by atoms with Gasteiger partial charge in [0.2, 0.25) is 0 Å². The normalized spacial score (nSPS) is 15.2. The fourth-order valence-corrected chi connectivity index (χ4v) is 3.68. The zero-order valence-electron chi connectivity index (χ0n) is 13.8. The number of nitrogens with zero attached hydrogens (tertiary/aromatic N) is 1. The molecule has 4 rings (SSSR count). The van der Waals surface area contributed by atoms with E-state index in [2.05, 4.69) is 21.7 Å². The molecule has 7 heteroatoms. The second-order valence-electron chi connectivity index (χ2n) is 6.24. The van der Waals surface area contributed by atoms with Gasteiger partial charge in [-0.2, -0.15) is 0 Å². The van der Waals surface area contributed by atoms with Gasteiger partial charge in [-0.15, -0.1) is 0 Å². The van der Waals surface area contributed by atoms with Gasteiger partial charge in [-0.3, -0.25) is 0 Å². The minimum atomic E-state index is -0.334. The van der Waals surface area contributed by atoms with Crippen molar-refractivity contribution in [1.29, 1.82) is 0 Å². The lowest BCUT2D eigenvalue weighted by atomic mass is 9.87. The number of hydrogen-bond donors (Lipinski definition) is 3. The van der Waals surface area contributed by atoms with Crippen molar-refractivity contribution in [3.8, 4) is 0 Å². The number of amides is 2. The summed E-state index contributed by atoms with van der Waals surface area (Å²) in [6.45, 7) is 0. The van der Waals surface area contributed by atoms with E-state index in [1.807, 2.05) is 12.1 Å². The summed E-state index contributed by atoms with van der Waals surface area (Å²) >= 11 is 11.9. The van der Waals surface area contributed by atoms with Crippen LogP contribution in [0.3, 0.4) is 0 Å². The number of benzene rings is 2. The summed E-state index contributed by atoms with van der Waals surface area (Å²) in [7, 11) is 0. The first-order chi connectivity index (χ1) is 12.5. The zero-order valence-corrected chi connectivity index (χ0v) is 15.3. The van der Waals surface area contributed by atoms with Gasteiger partial charge >= 0.3 is 6.03 Å². The highest BCUT2D eigenvalue weighted by Crippen LogP contribution is 2.40. The third-order valence-electron chi connectivity index (χ3n) is 4.52. The zero-order chi connectivity index (χ0) is 18.3. The molecule has 2 aromatic carbocycles. The number of halogens is 2. The maximum absolute atomic E-state index is 12.4. The van der Waals surface area contributed by atoms with Gasteiger partial charge in [0, 0.05) is 23.5 Å². The fourth-order valence-electron chi connectivity index (χ4n) is 3.38. The molecule has 2 aromatic rings. The van der Waals surface area contributed by atoms with E-state index in [4.69, 9.17) is 28.9 Å². The molecule has 0 saturated carbocycles. The molecule has 26 heavy (non-hydrogen) atoms. The van der Waals surface area contributed by atoms with E-state index in [0.29, 0.717) is 28.0 Å². The van der Waals surface area contributed by atoms with E-state index in [9.17, 15) is 4.79 Å². The Morgan fingerprint density at radius 3 is 2.73 bits per heavy atom. The van der Waals surface area contributed by atoms with E-state index < -0.39 is 0 Å². The molecular formula is C19H16Cl2N4O. The molecule has 0 radical (unpaired) electrons. The second-order valence-corrected chi connectivity index (χ2v) is 7.06. The van der Waals surface area contributed by atoms with Crippen LogP contribution in [0.25, 0.3) is 5.57 Å². The Morgan fingerprint density at radius 1 is 1.08 bits per heavy atom. The summed E-state index contributed by atoms with van der Waals surface area (Å²) < 4.78 is 0. The van der Waals surface area contributed by atoms with E-state index in [-0.39, 0.29) is 6.03 Å². The molecule has 1 aliphatic heterocycles. The summed E-state index contributed by atoms with van der Waals surface area (Å²) in [6.07, 6.45) is 2.31. The summed E-state index contributed by atoms with van der Waals surface area (Å²) in [5.41, 5.74) is 11.7. The standard InChI is InChI=1S/C19H16Cl2N4O/c20-14-6-4-10(8-15(14)21)23-19(26)25-16-3-1-2-11-12(16)5-7-17-13(11)9-18(22)24-17/h1-4,6,8H,5,7,9H2,(H2,22,24)(H2,23,25,26). The molecule has 0 spiro atoms. The van der Waals surface area contributed by atoms with Crippen molar-refractivity contribution in [1.82, 2.24) is 0 Å². The lowest BCUT2D eigenvalue weighted by Gasteiger charge is -2.21. The van der Waals surface area contributed by atoms with Crippen molar-refractivity contribution >= 4 is 52.0 Å². The van der Waals surface area contributed by atoms with Crippen molar-refractivity contribution in [2.24, 2.45) is 10.7 Å². The molecule has 4 N–H and O–H groups in total. The highest BCUT2D eigenvalue weighted by molar-refractivity contribution is 6.42. The van der Waals surface area contributed by atoms with Crippen LogP contribution in [0.4, 0.5) is 16.2 Å². The molecule has 132 valence electrons. The van der Waals surface area contributed by atoms with Gasteiger partial charge in [0.05, 0.1) is 10.0 Å². The first kappa shape index (κ1) is 16.9. The van der Waals surface area contributed by atoms with E-state index in [1.54, 1.807) is 18.2 Å². The van der Waals surface area contributed by atoms with Crippen LogP contribution >= 0.6 is 23.2 Å². The number of urea groups is 1. The number of rotatable bonds is 2. The molecule has 1 aliphatic carbocycles. The van der Waals surface area contributed by atoms with E-state index in [1.165, 1.54) is 0 Å². The van der Waals surface area contributed by atoms with Crippen LogP contribution in [-0.4, -0.2) is 11.9 Å². The van der Waals surface area contributed by atoms with Gasteiger partial charge in [0.1, 0.15) is 5.84 Å². The SMILES string of the molecule is NC1=NC2=C(C1)c1cccc(NC(=O)Nc3ccc(Cl)c(Cl)c3)c1CC2. The number of allylic oxidation sites excluding steroid dienone is 1. The maximum atomic E-state index is 12.4. The lowest BCUT2D eigenvalue weighted by Crippen LogP contribution is -2.21. The monoisotopic (exact) mass is 386 g/mol. The molecule has 2 amide bonds. The minimum Gasteiger partial charge on any atom is -0.387 e. The Kier molecular flexibility index (Phi) is 4.34. The van der Waals surface area contributed by atoms with Gasteiger partial charge < -0.3 is 16.4 Å². The molecule has 1 heterocycles. The molecule has 0 fully saturated rings. The molecule has 0 unspecified atom stereocenters. The smallest absolute Gasteiger partial charge is 0.323 e. The predicted molar refractivity (Wildman–Crippen MR) is 107 cm³/mol. The Morgan fingerprint density at radius 2 is 1.92 bits per heavy atom. The van der Waals surface area contributed by atoms with Gasteiger partial charge in [-0.25, -0.2) is 9.79 Å². The molecule has 0 bridgehead atoms. The van der Waals surface area contributed by atoms with Gasteiger partial charge in [0.25, 0.3) is 0 Å². The number of nitrogens with two attached hydrogens (primary N) is 1. The molecule has 0 atom stereocenters. The number of carbonyl (C=O) groups is 1. The Balaban J connectivity index is 1.55. The van der Waals surface area contributed by atoms with Gasteiger partial charge in [-0.1, -0.05) is 35.3 Å². The summed E-state index contributed by atoms with van der Waals surface area (Å²) in [5, 5.41) is 6.53. The quantitative estimate of drug-likeness (QED) is 0.674. The Bertz CT molecular complexity index is 981. The highest BCUT2D eigenvalue weighted by atomic mass is 35.5. The number of aliphatic imine (C=N–C) groups is 1.